The molecule has 1 N–H and O–H groups in total. The molecule has 11 heteroatoms. The number of hydrogen-bond acceptors (Lipinski definition) is 4. The van der Waals surface area contributed by atoms with Crippen molar-refractivity contribution in [2.24, 2.45) is 0 Å². The number of anilines is 1. The van der Waals surface area contributed by atoms with E-state index in [0.29, 0.717) is 18.4 Å². The zero-order chi connectivity index (χ0) is 20.7. The van der Waals surface area contributed by atoms with E-state index >= 15 is 0 Å². The molecule has 0 unspecified atom stereocenters. The molecule has 0 aromatic carbocycles. The van der Waals surface area contributed by atoms with Gasteiger partial charge in [0, 0.05) is 25.1 Å². The van der Waals surface area contributed by atoms with Crippen LogP contribution in [0.25, 0.3) is 5.65 Å². The van der Waals surface area contributed by atoms with Gasteiger partial charge in [-0.15, -0.1) is 0 Å². The van der Waals surface area contributed by atoms with Crippen molar-refractivity contribution in [3.63, 3.8) is 0 Å². The van der Waals surface area contributed by atoms with E-state index in [-0.39, 0.29) is 11.7 Å². The number of imidazole rings is 1. The first-order chi connectivity index (χ1) is 13.0. The Kier molecular flexibility index (Phi) is 5.55. The van der Waals surface area contributed by atoms with Crippen molar-refractivity contribution in [2.75, 3.05) is 17.7 Å². The van der Waals surface area contributed by atoms with Gasteiger partial charge in [-0.05, 0) is 39.3 Å². The Balaban J connectivity index is 1.81. The largest absolute Gasteiger partial charge is 0.444 e. The standard InChI is InChI=1S/C17H22ClF3N4O2Si/c1-16(2,3)27-15(26)24-6-4-8-28(10-24)23-12-9-11(18)13(17(19,20)21)25-7-5-22-14(12)25/h5,7,9,23,28H,4,6,8,10H2,1-3H3/t28-/m0/s1. The lowest BCUT2D eigenvalue weighted by atomic mass is 10.2. The number of pyridine rings is 1. The summed E-state index contributed by atoms with van der Waals surface area (Å²) in [4.78, 5) is 21.4. The number of halogens is 4. The molecule has 1 atom stereocenters. The topological polar surface area (TPSA) is 58.9 Å². The van der Waals surface area contributed by atoms with Crippen molar-refractivity contribution in [3.8, 4) is 0 Å². The number of alkyl halides is 3. The van der Waals surface area contributed by atoms with Crippen molar-refractivity contribution in [1.82, 2.24) is 14.3 Å². The fourth-order valence-corrected chi connectivity index (χ4v) is 6.16. The molecule has 3 heterocycles. The summed E-state index contributed by atoms with van der Waals surface area (Å²) in [5, 5.41) is -0.394. The molecule has 1 aliphatic heterocycles. The number of carbonyl (C=O) groups excluding carboxylic acids is 1. The van der Waals surface area contributed by atoms with E-state index in [1.807, 2.05) is 0 Å². The minimum Gasteiger partial charge on any atom is -0.444 e. The van der Waals surface area contributed by atoms with E-state index in [4.69, 9.17) is 16.3 Å². The number of carbonyl (C=O) groups is 1. The summed E-state index contributed by atoms with van der Waals surface area (Å²) >= 11 is 5.94. The fourth-order valence-electron chi connectivity index (χ4n) is 3.24. The quantitative estimate of drug-likeness (QED) is 0.715. The van der Waals surface area contributed by atoms with Crippen LogP contribution in [0.5, 0.6) is 0 Å². The van der Waals surface area contributed by atoms with Gasteiger partial charge in [0.25, 0.3) is 0 Å². The maximum absolute atomic E-state index is 13.3. The number of amides is 1. The summed E-state index contributed by atoms with van der Waals surface area (Å²) in [6, 6.07) is 2.16. The molecule has 1 saturated heterocycles. The van der Waals surface area contributed by atoms with Gasteiger partial charge in [-0.3, -0.25) is 4.40 Å². The third kappa shape index (κ3) is 4.54. The first kappa shape index (κ1) is 20.8. The Labute approximate surface area is 167 Å². The lowest BCUT2D eigenvalue weighted by Crippen LogP contribution is -2.49. The average Bonchev–Trinajstić information content (AvgIpc) is 3.01. The van der Waals surface area contributed by atoms with Gasteiger partial charge < -0.3 is 14.6 Å². The Morgan fingerprint density at radius 3 is 2.71 bits per heavy atom. The second kappa shape index (κ2) is 7.47. The summed E-state index contributed by atoms with van der Waals surface area (Å²) in [6.45, 7) is 6.02. The molecule has 0 spiro atoms. The second-order valence-electron chi connectivity index (χ2n) is 7.78. The Morgan fingerprint density at radius 1 is 1.36 bits per heavy atom. The average molecular weight is 435 g/mol. The highest BCUT2D eigenvalue weighted by Crippen LogP contribution is 2.37. The number of fused-ring (bicyclic) bond motifs is 1. The Hall–Kier alpha value is -1.94. The van der Waals surface area contributed by atoms with E-state index in [2.05, 4.69) is 9.97 Å². The lowest BCUT2D eigenvalue weighted by Gasteiger charge is -2.34. The molecule has 1 amide bonds. The summed E-state index contributed by atoms with van der Waals surface area (Å²) < 4.78 is 46.3. The normalized spacial score (nSPS) is 18.4. The predicted molar refractivity (Wildman–Crippen MR) is 103 cm³/mol. The van der Waals surface area contributed by atoms with Gasteiger partial charge in [-0.1, -0.05) is 11.6 Å². The fraction of sp³-hybridized carbons (Fsp3) is 0.529. The molecule has 28 heavy (non-hydrogen) atoms. The van der Waals surface area contributed by atoms with Gasteiger partial charge in [-0.25, -0.2) is 9.78 Å². The zero-order valence-electron chi connectivity index (χ0n) is 15.8. The maximum atomic E-state index is 13.3. The number of hydrogen-bond donors (Lipinski definition) is 1. The van der Waals surface area contributed by atoms with Crippen LogP contribution in [0.4, 0.5) is 23.7 Å². The van der Waals surface area contributed by atoms with Crippen molar-refractivity contribution in [3.05, 3.63) is 29.2 Å². The molecule has 2 aromatic heterocycles. The highest BCUT2D eigenvalue weighted by Gasteiger charge is 2.37. The van der Waals surface area contributed by atoms with Crippen LogP contribution in [-0.2, 0) is 10.9 Å². The predicted octanol–water partition coefficient (Wildman–Crippen LogP) is 4.32. The first-order valence-corrected chi connectivity index (χ1v) is 11.5. The van der Waals surface area contributed by atoms with E-state index in [9.17, 15) is 18.0 Å². The molecule has 0 bridgehead atoms. The minimum absolute atomic E-state index is 0.165. The molecule has 2 aromatic rings. The SMILES string of the molecule is CC(C)(C)OC(=O)N1CCC[Si@H](Nc2cc(Cl)c(C(F)(F)F)n3ccnc23)C1. The van der Waals surface area contributed by atoms with Crippen molar-refractivity contribution >= 4 is 38.0 Å². The molecule has 0 aliphatic carbocycles. The zero-order valence-corrected chi connectivity index (χ0v) is 17.7. The third-order valence-electron chi connectivity index (χ3n) is 4.32. The molecular weight excluding hydrogens is 413 g/mol. The number of nitrogens with zero attached hydrogens (tertiary/aromatic N) is 3. The number of nitrogens with one attached hydrogen (secondary N) is 1. The smallest absolute Gasteiger partial charge is 0.433 e. The van der Waals surface area contributed by atoms with Crippen LogP contribution in [0.1, 0.15) is 32.9 Å². The third-order valence-corrected chi connectivity index (χ3v) is 7.32. The summed E-state index contributed by atoms with van der Waals surface area (Å²) in [5.41, 5.74) is -0.917. The second-order valence-corrected chi connectivity index (χ2v) is 10.8. The van der Waals surface area contributed by atoms with Gasteiger partial charge in [0.1, 0.15) is 11.3 Å². The first-order valence-electron chi connectivity index (χ1n) is 8.93. The number of rotatable bonds is 2. The van der Waals surface area contributed by atoms with E-state index in [0.717, 1.165) is 16.9 Å². The highest BCUT2D eigenvalue weighted by molar-refractivity contribution is 6.63. The highest BCUT2D eigenvalue weighted by atomic mass is 35.5. The van der Waals surface area contributed by atoms with Crippen molar-refractivity contribution in [1.29, 1.82) is 0 Å². The van der Waals surface area contributed by atoms with Crippen LogP contribution in [0.15, 0.2) is 18.5 Å². The van der Waals surface area contributed by atoms with E-state index in [1.54, 1.807) is 25.7 Å². The van der Waals surface area contributed by atoms with Gasteiger partial charge in [0.2, 0.25) is 0 Å². The number of aromatic nitrogens is 2. The molecule has 154 valence electrons. The van der Waals surface area contributed by atoms with Crippen molar-refractivity contribution in [2.45, 2.75) is 45.0 Å². The number of ether oxygens (including phenoxy) is 1. The molecule has 0 saturated carbocycles. The molecular formula is C17H22ClF3N4O2Si. The van der Waals surface area contributed by atoms with E-state index < -0.39 is 31.5 Å². The van der Waals surface area contributed by atoms with Crippen LogP contribution in [-0.4, -0.2) is 47.6 Å². The summed E-state index contributed by atoms with van der Waals surface area (Å²) in [5.74, 6) is 0. The van der Waals surface area contributed by atoms with Gasteiger partial charge in [0.05, 0.1) is 10.7 Å². The van der Waals surface area contributed by atoms with Crippen LogP contribution >= 0.6 is 11.6 Å². The molecule has 6 nitrogen and oxygen atoms in total. The van der Waals surface area contributed by atoms with Gasteiger partial charge in [-0.2, -0.15) is 13.2 Å². The Morgan fingerprint density at radius 2 is 2.07 bits per heavy atom. The molecule has 1 fully saturated rings. The minimum atomic E-state index is -4.59. The van der Waals surface area contributed by atoms with Crippen LogP contribution in [0.2, 0.25) is 11.1 Å². The van der Waals surface area contributed by atoms with Crippen LogP contribution < -0.4 is 4.98 Å². The van der Waals surface area contributed by atoms with Crippen molar-refractivity contribution < 1.29 is 22.7 Å². The maximum Gasteiger partial charge on any atom is 0.433 e. The monoisotopic (exact) mass is 434 g/mol. The lowest BCUT2D eigenvalue weighted by molar-refractivity contribution is -0.141. The van der Waals surface area contributed by atoms with Gasteiger partial charge in [0.15, 0.2) is 14.6 Å². The van der Waals surface area contributed by atoms with Crippen LogP contribution in [0.3, 0.4) is 0 Å². The van der Waals surface area contributed by atoms with E-state index in [1.165, 1.54) is 18.5 Å². The van der Waals surface area contributed by atoms with Gasteiger partial charge >= 0.3 is 12.3 Å². The van der Waals surface area contributed by atoms with Crippen LogP contribution in [0, 0.1) is 0 Å². The molecule has 1 aliphatic rings. The Bertz CT molecular complexity index is 882. The molecule has 3 rings (SSSR count). The summed E-state index contributed by atoms with van der Waals surface area (Å²) in [6.07, 6.45) is -1.10. The summed E-state index contributed by atoms with van der Waals surface area (Å²) in [7, 11) is -1.71. The molecule has 0 radical (unpaired) electrons.